The van der Waals surface area contributed by atoms with Crippen molar-refractivity contribution < 1.29 is 22.7 Å². The molecule has 7 nitrogen and oxygen atoms in total. The van der Waals surface area contributed by atoms with Crippen LogP contribution in [-0.2, 0) is 21.2 Å². The topological polar surface area (TPSA) is 76.2 Å². The highest BCUT2D eigenvalue weighted by atomic mass is 32.2. The van der Waals surface area contributed by atoms with Gasteiger partial charge in [-0.15, -0.1) is 0 Å². The van der Waals surface area contributed by atoms with Crippen molar-refractivity contribution in [3.05, 3.63) is 53.6 Å². The van der Waals surface area contributed by atoms with Gasteiger partial charge in [0.05, 0.1) is 24.2 Å². The normalized spacial score (nSPS) is 21.0. The molecular weight excluding hydrogens is 464 g/mol. The summed E-state index contributed by atoms with van der Waals surface area (Å²) in [6.45, 7) is 3.25. The molecule has 35 heavy (non-hydrogen) atoms. The maximum Gasteiger partial charge on any atom is 0.243 e. The minimum Gasteiger partial charge on any atom is -0.490 e. The smallest absolute Gasteiger partial charge is 0.243 e. The molecule has 0 saturated carbocycles. The Morgan fingerprint density at radius 3 is 2.37 bits per heavy atom. The zero-order chi connectivity index (χ0) is 24.3. The van der Waals surface area contributed by atoms with E-state index in [0.29, 0.717) is 44.0 Å². The second kappa shape index (κ2) is 10.6. The molecule has 2 saturated heterocycles. The van der Waals surface area contributed by atoms with Crippen molar-refractivity contribution in [2.75, 3.05) is 32.8 Å². The van der Waals surface area contributed by atoms with Crippen LogP contribution in [0.5, 0.6) is 11.5 Å². The molecule has 188 valence electrons. The van der Waals surface area contributed by atoms with Crippen LogP contribution in [0, 0.1) is 0 Å². The van der Waals surface area contributed by atoms with Crippen LogP contribution in [0.4, 0.5) is 0 Å². The van der Waals surface area contributed by atoms with Crippen LogP contribution in [-0.4, -0.2) is 56.4 Å². The highest BCUT2D eigenvalue weighted by Gasteiger charge is 2.31. The molecule has 2 aromatic rings. The number of piperidine rings is 1. The average molecular weight is 499 g/mol. The van der Waals surface area contributed by atoms with Crippen molar-refractivity contribution in [3.8, 4) is 11.5 Å². The SMILES string of the molecule is O=C(CCc1ccc(S(=O)(=O)N2CCCCC2)cc1)N1CCC[C@@H]1c1ccc2c(c1)OCCCO2. The number of hydrogen-bond donors (Lipinski definition) is 0. The Bertz CT molecular complexity index is 1140. The van der Waals surface area contributed by atoms with Gasteiger partial charge in [-0.05, 0) is 67.5 Å². The van der Waals surface area contributed by atoms with E-state index in [-0.39, 0.29) is 11.9 Å². The van der Waals surface area contributed by atoms with E-state index in [1.165, 1.54) is 0 Å². The monoisotopic (exact) mass is 498 g/mol. The van der Waals surface area contributed by atoms with E-state index >= 15 is 0 Å². The molecule has 0 unspecified atom stereocenters. The lowest BCUT2D eigenvalue weighted by molar-refractivity contribution is -0.132. The Morgan fingerprint density at radius 1 is 0.857 bits per heavy atom. The number of amides is 1. The molecule has 3 heterocycles. The van der Waals surface area contributed by atoms with E-state index < -0.39 is 10.0 Å². The lowest BCUT2D eigenvalue weighted by atomic mass is 10.0. The Hall–Kier alpha value is -2.58. The summed E-state index contributed by atoms with van der Waals surface area (Å²) in [5, 5.41) is 0. The van der Waals surface area contributed by atoms with Crippen molar-refractivity contribution in [1.29, 1.82) is 0 Å². The molecule has 2 aromatic carbocycles. The number of fused-ring (bicyclic) bond motifs is 1. The second-order valence-corrected chi connectivity index (χ2v) is 11.5. The third-order valence-electron chi connectivity index (χ3n) is 7.23. The number of carbonyl (C=O) groups is 1. The van der Waals surface area contributed by atoms with Crippen LogP contribution in [0.3, 0.4) is 0 Å². The van der Waals surface area contributed by atoms with Gasteiger partial charge >= 0.3 is 0 Å². The predicted octanol–water partition coefficient (Wildman–Crippen LogP) is 4.32. The fourth-order valence-electron chi connectivity index (χ4n) is 5.28. The summed E-state index contributed by atoms with van der Waals surface area (Å²) in [5.41, 5.74) is 2.06. The van der Waals surface area contributed by atoms with E-state index in [9.17, 15) is 13.2 Å². The Morgan fingerprint density at radius 2 is 1.60 bits per heavy atom. The van der Waals surface area contributed by atoms with E-state index in [1.807, 2.05) is 35.2 Å². The first-order chi connectivity index (χ1) is 17.0. The van der Waals surface area contributed by atoms with Gasteiger partial charge in [0.15, 0.2) is 11.5 Å². The van der Waals surface area contributed by atoms with Gasteiger partial charge in [-0.2, -0.15) is 4.31 Å². The van der Waals surface area contributed by atoms with Crippen LogP contribution in [0.2, 0.25) is 0 Å². The number of benzene rings is 2. The first-order valence-corrected chi connectivity index (χ1v) is 14.2. The summed E-state index contributed by atoms with van der Waals surface area (Å²) in [6, 6.07) is 13.1. The maximum atomic E-state index is 13.1. The van der Waals surface area contributed by atoms with Crippen LogP contribution >= 0.6 is 0 Å². The highest BCUT2D eigenvalue weighted by Crippen LogP contribution is 2.38. The van der Waals surface area contributed by atoms with E-state index in [0.717, 1.165) is 67.7 Å². The summed E-state index contributed by atoms with van der Waals surface area (Å²) < 4.78 is 38.9. The number of sulfonamides is 1. The van der Waals surface area contributed by atoms with Crippen molar-refractivity contribution in [2.24, 2.45) is 0 Å². The zero-order valence-electron chi connectivity index (χ0n) is 20.2. The summed E-state index contributed by atoms with van der Waals surface area (Å²) in [4.78, 5) is 15.5. The second-order valence-electron chi connectivity index (χ2n) is 9.61. The first kappa shape index (κ1) is 24.1. The molecule has 0 aromatic heterocycles. The van der Waals surface area contributed by atoms with Gasteiger partial charge in [0.2, 0.25) is 15.9 Å². The van der Waals surface area contributed by atoms with E-state index in [2.05, 4.69) is 0 Å². The number of ether oxygens (including phenoxy) is 2. The molecule has 1 atom stereocenters. The third-order valence-corrected chi connectivity index (χ3v) is 9.15. The number of aryl methyl sites for hydroxylation is 1. The van der Waals surface area contributed by atoms with Crippen molar-refractivity contribution in [2.45, 2.75) is 62.3 Å². The van der Waals surface area contributed by atoms with Gasteiger partial charge in [-0.1, -0.05) is 24.6 Å². The molecule has 0 radical (unpaired) electrons. The third kappa shape index (κ3) is 5.33. The molecule has 0 bridgehead atoms. The van der Waals surface area contributed by atoms with Gasteiger partial charge in [0.25, 0.3) is 0 Å². The molecule has 2 fully saturated rings. The molecule has 0 aliphatic carbocycles. The quantitative estimate of drug-likeness (QED) is 0.593. The molecule has 3 aliphatic rings. The molecule has 0 N–H and O–H groups in total. The zero-order valence-corrected chi connectivity index (χ0v) is 21.0. The number of carbonyl (C=O) groups excluding carboxylic acids is 1. The maximum absolute atomic E-state index is 13.1. The lowest BCUT2D eigenvalue weighted by Crippen LogP contribution is -2.35. The van der Waals surface area contributed by atoms with Crippen molar-refractivity contribution in [1.82, 2.24) is 9.21 Å². The van der Waals surface area contributed by atoms with Crippen molar-refractivity contribution >= 4 is 15.9 Å². The number of rotatable bonds is 6. The van der Waals surface area contributed by atoms with Gasteiger partial charge in [0.1, 0.15) is 0 Å². The minimum absolute atomic E-state index is 0.0525. The fourth-order valence-corrected chi connectivity index (χ4v) is 6.79. The summed E-state index contributed by atoms with van der Waals surface area (Å²) in [6.07, 6.45) is 6.70. The molecule has 1 amide bonds. The molecule has 0 spiro atoms. The number of hydrogen-bond acceptors (Lipinski definition) is 5. The molecular formula is C27H34N2O5S. The standard InChI is InChI=1S/C27H34N2O5S/c30-27(14-9-21-7-11-23(12-8-21)35(31,32)28-15-2-1-3-16-28)29-17-4-6-24(29)22-10-13-25-26(20-22)34-19-5-18-33-25/h7-8,10-13,20,24H,1-6,9,14-19H2/t24-/m1/s1. The lowest BCUT2D eigenvalue weighted by Gasteiger charge is -2.26. The average Bonchev–Trinajstić information content (AvgIpc) is 3.27. The summed E-state index contributed by atoms with van der Waals surface area (Å²) >= 11 is 0. The summed E-state index contributed by atoms with van der Waals surface area (Å²) in [5.74, 6) is 1.66. The Balaban J connectivity index is 1.21. The predicted molar refractivity (Wildman–Crippen MR) is 133 cm³/mol. The minimum atomic E-state index is -3.43. The Kier molecular flexibility index (Phi) is 7.29. The van der Waals surface area contributed by atoms with Crippen LogP contribution in [0.25, 0.3) is 0 Å². The van der Waals surface area contributed by atoms with Gasteiger partial charge in [-0.3, -0.25) is 4.79 Å². The number of nitrogens with zero attached hydrogens (tertiary/aromatic N) is 2. The van der Waals surface area contributed by atoms with E-state index in [4.69, 9.17) is 9.47 Å². The fraction of sp³-hybridized carbons (Fsp3) is 0.519. The van der Waals surface area contributed by atoms with Gasteiger partial charge < -0.3 is 14.4 Å². The number of likely N-dealkylation sites (tertiary alicyclic amines) is 1. The van der Waals surface area contributed by atoms with Gasteiger partial charge in [0, 0.05) is 32.5 Å². The molecule has 8 heteroatoms. The van der Waals surface area contributed by atoms with E-state index in [1.54, 1.807) is 16.4 Å². The molecule has 3 aliphatic heterocycles. The highest BCUT2D eigenvalue weighted by molar-refractivity contribution is 7.89. The van der Waals surface area contributed by atoms with Crippen molar-refractivity contribution in [3.63, 3.8) is 0 Å². The molecule has 5 rings (SSSR count). The Labute approximate surface area is 208 Å². The van der Waals surface area contributed by atoms with Gasteiger partial charge in [-0.25, -0.2) is 8.42 Å². The van der Waals surface area contributed by atoms with Crippen LogP contribution in [0.15, 0.2) is 47.4 Å². The summed E-state index contributed by atoms with van der Waals surface area (Å²) in [7, 11) is -3.43. The first-order valence-electron chi connectivity index (χ1n) is 12.8. The largest absolute Gasteiger partial charge is 0.490 e. The van der Waals surface area contributed by atoms with Crippen LogP contribution < -0.4 is 9.47 Å². The van der Waals surface area contributed by atoms with Crippen LogP contribution in [0.1, 0.15) is 62.1 Å².